The van der Waals surface area contributed by atoms with E-state index in [-0.39, 0.29) is 79.6 Å². The minimum Gasteiger partial charge on any atom is -0.344 e. The van der Waals surface area contributed by atoms with Gasteiger partial charge in [-0.15, -0.1) is 0 Å². The Hall–Kier alpha value is -3.40. The number of nitro benzene ring substituents is 4. The zero-order valence-corrected chi connectivity index (χ0v) is 52.8. The molecule has 0 bridgehead atoms. The molecule has 28 heteroatoms. The first-order valence-electron chi connectivity index (χ1n) is 18.5. The number of hydrogen-bond acceptors (Lipinski definition) is 16. The Balaban J connectivity index is -0.0000000825. The van der Waals surface area contributed by atoms with E-state index in [0.717, 1.165) is 45.0 Å². The van der Waals surface area contributed by atoms with Crippen LogP contribution in [0.3, 0.4) is 0 Å². The molecule has 0 aliphatic carbocycles. The van der Waals surface area contributed by atoms with Gasteiger partial charge < -0.3 is 46.7 Å². The maximum atomic E-state index is 10.3. The van der Waals surface area contributed by atoms with E-state index in [4.69, 9.17) is 57.6 Å². The minimum absolute atomic E-state index is 0. The van der Waals surface area contributed by atoms with Crippen LogP contribution >= 0.6 is 97.7 Å². The smallest absolute Gasteiger partial charge is 0.344 e. The van der Waals surface area contributed by atoms with Crippen molar-refractivity contribution in [2.45, 2.75) is 86.1 Å². The van der Waals surface area contributed by atoms with E-state index in [2.05, 4.69) is 74.5 Å². The largest absolute Gasteiger partial charge is 0.344 e. The van der Waals surface area contributed by atoms with Crippen molar-refractivity contribution >= 4 is 155 Å². The Kier molecular flexibility index (Phi) is 65.4. The van der Waals surface area contributed by atoms with Crippen LogP contribution in [0.5, 0.6) is 0 Å². The SMILES string of the molecule is C.C.C.C.C.C.Cc1cc(Cl)ccc1[N+](=O)[O-].Cc1cc(N)ccc1N.Cc1cc(N)ccc1N.Cc1cc(N)ccc1[N+](=O)[O-].Cc1cc([N+](=O)[O-])ccc1Cl.Cc1cc([N+](=O)[O-])ccc1N.I[I-]I.I[I-]I.N.N. The summed E-state index contributed by atoms with van der Waals surface area (Å²) in [6.07, 6.45) is 0. The Morgan fingerprint density at radius 1 is 0.382 bits per heavy atom. The molecule has 18 N–H and O–H groups in total. The number of nitrogen functional groups attached to an aromatic ring is 6. The number of non-ortho nitro benzene ring substituents is 2. The topological polar surface area (TPSA) is 399 Å². The molecular formula is C48H78Cl2I6N12O8-2. The van der Waals surface area contributed by atoms with Crippen LogP contribution in [0.2, 0.25) is 10.0 Å². The molecule has 0 saturated carbocycles. The molecule has 0 aromatic heterocycles. The summed E-state index contributed by atoms with van der Waals surface area (Å²) in [4.78, 5) is 39.3. The normalized spacial score (nSPS) is 8.37. The summed E-state index contributed by atoms with van der Waals surface area (Å²) in [6.45, 7) is 10.7. The molecule has 0 aliphatic heterocycles. The van der Waals surface area contributed by atoms with Gasteiger partial charge in [-0.25, -0.2) is 0 Å². The van der Waals surface area contributed by atoms with Crippen molar-refractivity contribution in [2.24, 2.45) is 0 Å². The molecule has 0 atom stereocenters. The van der Waals surface area contributed by atoms with Crippen LogP contribution in [-0.4, -0.2) is 19.7 Å². The predicted octanol–water partition coefficient (Wildman–Crippen LogP) is 12.1. The monoisotopic (exact) mass is 1780 g/mol. The molecule has 0 aliphatic rings. The molecule has 0 unspecified atom stereocenters. The van der Waals surface area contributed by atoms with E-state index in [1.807, 2.05) is 38.1 Å². The van der Waals surface area contributed by atoms with E-state index in [9.17, 15) is 40.5 Å². The average Bonchev–Trinajstić information content (AvgIpc) is 3.24. The summed E-state index contributed by atoms with van der Waals surface area (Å²) in [7, 11) is 0. The molecule has 0 radical (unpaired) electrons. The van der Waals surface area contributed by atoms with Crippen molar-refractivity contribution in [1.82, 2.24) is 12.3 Å². The first-order valence-corrected chi connectivity index (χ1v) is 44.4. The zero-order valence-electron chi connectivity index (χ0n) is 38.3. The molecular weight excluding hydrogens is 1700 g/mol. The van der Waals surface area contributed by atoms with Crippen LogP contribution in [-0.2, 0) is 0 Å². The van der Waals surface area contributed by atoms with Crippen LogP contribution in [0.4, 0.5) is 56.9 Å². The molecule has 6 rings (SSSR count). The number of nitrogens with zero attached hydrogens (tertiary/aromatic N) is 4. The van der Waals surface area contributed by atoms with E-state index in [0.29, 0.717) is 59.1 Å². The van der Waals surface area contributed by atoms with Crippen molar-refractivity contribution in [3.8, 4) is 0 Å². The van der Waals surface area contributed by atoms with Crippen LogP contribution < -0.4 is 73.2 Å². The summed E-state index contributed by atoms with van der Waals surface area (Å²) in [5, 5.41) is 42.1. The van der Waals surface area contributed by atoms with Gasteiger partial charge in [0.1, 0.15) is 0 Å². The van der Waals surface area contributed by atoms with Crippen LogP contribution in [0.1, 0.15) is 77.9 Å². The van der Waals surface area contributed by atoms with Gasteiger partial charge in [0, 0.05) is 91.7 Å². The van der Waals surface area contributed by atoms with Gasteiger partial charge in [0.25, 0.3) is 22.7 Å². The predicted molar refractivity (Wildman–Crippen MR) is 357 cm³/mol. The second-order valence-corrected chi connectivity index (χ2v) is 46.7. The molecule has 0 spiro atoms. The first kappa shape index (κ1) is 95.0. The van der Waals surface area contributed by atoms with Crippen LogP contribution in [0.25, 0.3) is 0 Å². The maximum Gasteiger partial charge on any atom is -0.344 e. The van der Waals surface area contributed by atoms with Gasteiger partial charge in [0.05, 0.1) is 19.7 Å². The Labute approximate surface area is 520 Å². The van der Waals surface area contributed by atoms with Crippen molar-refractivity contribution in [2.75, 3.05) is 34.4 Å². The van der Waals surface area contributed by atoms with Crippen molar-refractivity contribution in [3.05, 3.63) is 193 Å². The molecule has 0 saturated heterocycles. The summed E-state index contributed by atoms with van der Waals surface area (Å²) in [5.74, 6) is 0. The van der Waals surface area contributed by atoms with Crippen LogP contribution in [0.15, 0.2) is 109 Å². The van der Waals surface area contributed by atoms with E-state index in [1.165, 1.54) is 60.7 Å². The third-order valence-corrected chi connectivity index (χ3v) is 8.84. The fraction of sp³-hybridized carbons (Fsp3) is 0.250. The summed E-state index contributed by atoms with van der Waals surface area (Å²) in [5.41, 5.74) is 42.2. The number of benzene rings is 6. The van der Waals surface area contributed by atoms with Crippen molar-refractivity contribution in [1.29, 1.82) is 0 Å². The van der Waals surface area contributed by atoms with Crippen LogP contribution in [0, 0.1) is 82.0 Å². The second kappa shape index (κ2) is 52.3. The van der Waals surface area contributed by atoms with Crippen molar-refractivity contribution < 1.29 is 46.2 Å². The number of nitrogens with two attached hydrogens (primary N) is 6. The average molecular weight is 1780 g/mol. The number of anilines is 6. The quantitative estimate of drug-likeness (QED) is 0.0352. The summed E-state index contributed by atoms with van der Waals surface area (Å²) in [6, 6.07) is 28.6. The van der Waals surface area contributed by atoms with Gasteiger partial charge in [-0.3, -0.25) is 40.5 Å². The number of nitro groups is 4. The molecule has 0 heterocycles. The van der Waals surface area contributed by atoms with Gasteiger partial charge in [-0.05, 0) is 137 Å². The van der Waals surface area contributed by atoms with Gasteiger partial charge in [-0.2, -0.15) is 0 Å². The first-order chi connectivity index (χ1) is 31.7. The maximum absolute atomic E-state index is 10.3. The van der Waals surface area contributed by atoms with Gasteiger partial charge >= 0.3 is 101 Å². The van der Waals surface area contributed by atoms with Crippen molar-refractivity contribution in [3.63, 3.8) is 0 Å². The molecule has 76 heavy (non-hydrogen) atoms. The molecule has 0 amide bonds. The van der Waals surface area contributed by atoms with Gasteiger partial charge in [0.15, 0.2) is 0 Å². The number of aryl methyl sites for hydroxylation is 6. The van der Waals surface area contributed by atoms with Gasteiger partial charge in [-0.1, -0.05) is 67.8 Å². The fourth-order valence-electron chi connectivity index (χ4n) is 4.62. The Morgan fingerprint density at radius 3 is 0.908 bits per heavy atom. The number of halogens is 8. The third kappa shape index (κ3) is 41.7. The summed E-state index contributed by atoms with van der Waals surface area (Å²) >= 11 is 21.9. The van der Waals surface area contributed by atoms with E-state index >= 15 is 0 Å². The fourth-order valence-corrected chi connectivity index (χ4v) is 4.97. The van der Waals surface area contributed by atoms with E-state index < -0.39 is 19.7 Å². The molecule has 436 valence electrons. The molecule has 20 nitrogen and oxygen atoms in total. The third-order valence-electron chi connectivity index (χ3n) is 8.18. The molecule has 6 aromatic carbocycles. The Bertz CT molecular complexity index is 2420. The number of rotatable bonds is 4. The molecule has 6 aromatic rings. The van der Waals surface area contributed by atoms with E-state index in [1.54, 1.807) is 52.0 Å². The standard InChI is InChI=1S/2C7H6ClNO2.2C7H8N2O2.2C7H10N2.6CH4.2I3.2H3N/c1-5-4-6(9(10)11)2-3-7(5)8;1-5-4-6(8)2-3-7(5)9(10)11;1-5-4-6(9(10)11)2-3-7(5)8;1-5-4-6(8)2-3-7(5)9(10)11;2*1-5-4-6(8)2-3-7(5)9;;;;;;;2*1-3-2;;/h2*2-4H,1H3;2*2-4H,8H2,1H3;2*2-4H,8-9H2,1H3;6*1H4;;;2*1H3/q;;;;;;;;;;;;2*-1;;. The van der Waals surface area contributed by atoms with Gasteiger partial charge in [0.2, 0.25) is 0 Å². The summed E-state index contributed by atoms with van der Waals surface area (Å²) < 4.78 is 0. The molecule has 0 fully saturated rings. The minimum atomic E-state index is -0.441. The number of hydrogen-bond donors (Lipinski definition) is 8. The Morgan fingerprint density at radius 2 is 0.645 bits per heavy atom. The zero-order chi connectivity index (χ0) is 52.8. The second-order valence-electron chi connectivity index (χ2n) is 13.3.